The Morgan fingerprint density at radius 2 is 0.667 bits per heavy atom. The van der Waals surface area contributed by atoms with Gasteiger partial charge in [-0.1, -0.05) is 243 Å². The van der Waals surface area contributed by atoms with Crippen LogP contribution in [0.1, 0.15) is 22.3 Å². The molecule has 310 valence electrons. The lowest BCUT2D eigenvalue weighted by atomic mass is 9.64. The van der Waals surface area contributed by atoms with Crippen molar-refractivity contribution < 1.29 is 0 Å². The Bertz CT molecular complexity index is 3430. The largest absolute Gasteiger partial charge is 0.310 e. The van der Waals surface area contributed by atoms with Gasteiger partial charge >= 0.3 is 0 Å². The molecule has 0 N–H and O–H groups in total. The molecule has 0 spiro atoms. The van der Waals surface area contributed by atoms with E-state index < -0.39 is 5.41 Å². The van der Waals surface area contributed by atoms with Gasteiger partial charge in [0.25, 0.3) is 0 Å². The molecular weight excluding hydrogens is 795 g/mol. The van der Waals surface area contributed by atoms with Crippen molar-refractivity contribution in [3.63, 3.8) is 0 Å². The molecule has 0 aromatic heterocycles. The molecule has 12 rings (SSSR count). The zero-order valence-corrected chi connectivity index (χ0v) is 36.4. The molecule has 0 amide bonds. The SMILES string of the molecule is c1ccc(-c2ccc(N(c3ccc(-c4cccc5ccccc45)cc3)c3ccc(-c4ccccc4)c4c3-c3cccc(-c5ccccc5)c3C4(c3ccccc3)c3ccccc3)cc2)cc1. The van der Waals surface area contributed by atoms with Crippen LogP contribution in [0.5, 0.6) is 0 Å². The summed E-state index contributed by atoms with van der Waals surface area (Å²) in [7, 11) is 0. The summed E-state index contributed by atoms with van der Waals surface area (Å²) in [6.07, 6.45) is 0. The van der Waals surface area contributed by atoms with E-state index in [9.17, 15) is 0 Å². The minimum Gasteiger partial charge on any atom is -0.310 e. The van der Waals surface area contributed by atoms with Crippen molar-refractivity contribution in [1.29, 1.82) is 0 Å². The fourth-order valence-electron chi connectivity index (χ4n) is 10.7. The number of hydrogen-bond donors (Lipinski definition) is 0. The minimum absolute atomic E-state index is 0.693. The normalized spacial score (nSPS) is 12.4. The van der Waals surface area contributed by atoms with Crippen LogP contribution in [0.15, 0.2) is 273 Å². The Kier molecular flexibility index (Phi) is 9.81. The number of hydrogen-bond acceptors (Lipinski definition) is 1. The lowest BCUT2D eigenvalue weighted by Crippen LogP contribution is -2.30. The summed E-state index contributed by atoms with van der Waals surface area (Å²) in [6.45, 7) is 0. The summed E-state index contributed by atoms with van der Waals surface area (Å²) in [5.74, 6) is 0. The van der Waals surface area contributed by atoms with Crippen LogP contribution >= 0.6 is 0 Å². The molecule has 0 heterocycles. The topological polar surface area (TPSA) is 3.24 Å². The molecule has 0 saturated heterocycles. The molecular formula is C65H45N. The Morgan fingerprint density at radius 1 is 0.258 bits per heavy atom. The zero-order chi connectivity index (χ0) is 43.9. The second-order valence-electron chi connectivity index (χ2n) is 17.1. The van der Waals surface area contributed by atoms with Gasteiger partial charge in [-0.15, -0.1) is 0 Å². The number of fused-ring (bicyclic) bond motifs is 4. The van der Waals surface area contributed by atoms with Crippen molar-refractivity contribution in [2.75, 3.05) is 4.90 Å². The highest BCUT2D eigenvalue weighted by Crippen LogP contribution is 2.64. The smallest absolute Gasteiger partial charge is 0.0726 e. The first-order valence-corrected chi connectivity index (χ1v) is 22.8. The van der Waals surface area contributed by atoms with E-state index in [0.717, 1.165) is 17.1 Å². The molecule has 0 radical (unpaired) electrons. The van der Waals surface area contributed by atoms with Gasteiger partial charge in [0.1, 0.15) is 0 Å². The van der Waals surface area contributed by atoms with E-state index in [0.29, 0.717) is 0 Å². The van der Waals surface area contributed by atoms with Gasteiger partial charge in [0, 0.05) is 16.9 Å². The van der Waals surface area contributed by atoms with Crippen LogP contribution in [0.2, 0.25) is 0 Å². The first kappa shape index (κ1) is 39.1. The average Bonchev–Trinajstić information content (AvgIpc) is 3.73. The average molecular weight is 840 g/mol. The van der Waals surface area contributed by atoms with Crippen LogP contribution in [-0.4, -0.2) is 0 Å². The zero-order valence-electron chi connectivity index (χ0n) is 36.4. The molecule has 0 unspecified atom stereocenters. The maximum absolute atomic E-state index is 2.49. The third kappa shape index (κ3) is 6.47. The first-order valence-electron chi connectivity index (χ1n) is 22.8. The van der Waals surface area contributed by atoms with E-state index in [1.807, 2.05) is 0 Å². The van der Waals surface area contributed by atoms with Gasteiger partial charge in [-0.2, -0.15) is 0 Å². The van der Waals surface area contributed by atoms with Crippen LogP contribution < -0.4 is 4.90 Å². The third-order valence-corrected chi connectivity index (χ3v) is 13.6. The van der Waals surface area contributed by atoms with E-state index in [1.54, 1.807) is 0 Å². The third-order valence-electron chi connectivity index (χ3n) is 13.6. The predicted octanol–water partition coefficient (Wildman–Crippen LogP) is 17.3. The highest BCUT2D eigenvalue weighted by Gasteiger charge is 2.50. The molecule has 1 nitrogen and oxygen atoms in total. The maximum Gasteiger partial charge on any atom is 0.0726 e. The summed E-state index contributed by atoms with van der Waals surface area (Å²) in [5.41, 5.74) is 19.7. The number of benzene rings is 11. The molecule has 11 aromatic carbocycles. The van der Waals surface area contributed by atoms with Crippen LogP contribution in [-0.2, 0) is 5.41 Å². The van der Waals surface area contributed by atoms with E-state index >= 15 is 0 Å². The summed E-state index contributed by atoms with van der Waals surface area (Å²) < 4.78 is 0. The highest BCUT2D eigenvalue weighted by atomic mass is 15.1. The van der Waals surface area contributed by atoms with Gasteiger partial charge < -0.3 is 4.90 Å². The summed E-state index contributed by atoms with van der Waals surface area (Å²) >= 11 is 0. The quantitative estimate of drug-likeness (QED) is 0.140. The molecule has 66 heavy (non-hydrogen) atoms. The Hall–Kier alpha value is -8.52. The second kappa shape index (κ2) is 16.6. The van der Waals surface area contributed by atoms with Gasteiger partial charge in [0.15, 0.2) is 0 Å². The Balaban J connectivity index is 1.19. The van der Waals surface area contributed by atoms with E-state index in [2.05, 4.69) is 278 Å². The second-order valence-corrected chi connectivity index (χ2v) is 17.1. The van der Waals surface area contributed by atoms with Crippen molar-refractivity contribution in [2.24, 2.45) is 0 Å². The number of rotatable bonds is 9. The van der Waals surface area contributed by atoms with Crippen LogP contribution in [0.25, 0.3) is 66.4 Å². The van der Waals surface area contributed by atoms with Crippen LogP contribution in [0.4, 0.5) is 17.1 Å². The van der Waals surface area contributed by atoms with Gasteiger partial charge in [0.05, 0.1) is 11.1 Å². The molecule has 0 fully saturated rings. The molecule has 0 bridgehead atoms. The van der Waals surface area contributed by atoms with Gasteiger partial charge in [0.2, 0.25) is 0 Å². The fourth-order valence-corrected chi connectivity index (χ4v) is 10.7. The van der Waals surface area contributed by atoms with E-state index in [1.165, 1.54) is 88.7 Å². The Morgan fingerprint density at radius 3 is 1.26 bits per heavy atom. The van der Waals surface area contributed by atoms with Crippen molar-refractivity contribution in [3.8, 4) is 55.6 Å². The Labute approximate surface area is 387 Å². The number of anilines is 3. The van der Waals surface area contributed by atoms with E-state index in [4.69, 9.17) is 0 Å². The standard InChI is InChI=1S/C65H45N/c1-6-20-46(21-7-1)47-36-40-54(41-37-47)66(55-42-38-51(39-43-55)57-33-18-27-48-26-16-17-32-56(48)57)61-45-44-59(50-24-10-3-11-25-50)64-62(61)60-35-19-34-58(49-22-8-2-9-23-49)63(60)65(64,52-28-12-4-13-29-52)53-30-14-5-15-31-53/h1-45H. The predicted molar refractivity (Wildman–Crippen MR) is 278 cm³/mol. The molecule has 11 aromatic rings. The van der Waals surface area contributed by atoms with Gasteiger partial charge in [-0.3, -0.25) is 0 Å². The van der Waals surface area contributed by atoms with Crippen molar-refractivity contribution in [2.45, 2.75) is 5.41 Å². The summed E-state index contributed by atoms with van der Waals surface area (Å²) in [6, 6.07) is 100. The molecule has 1 heteroatoms. The molecule has 0 saturated carbocycles. The van der Waals surface area contributed by atoms with E-state index in [-0.39, 0.29) is 0 Å². The van der Waals surface area contributed by atoms with Crippen LogP contribution in [0, 0.1) is 0 Å². The number of nitrogens with zero attached hydrogens (tertiary/aromatic N) is 1. The summed E-state index contributed by atoms with van der Waals surface area (Å²) in [4.78, 5) is 2.49. The van der Waals surface area contributed by atoms with Crippen molar-refractivity contribution in [1.82, 2.24) is 0 Å². The lowest BCUT2D eigenvalue weighted by Gasteiger charge is -2.37. The molecule has 1 aliphatic carbocycles. The molecule has 0 atom stereocenters. The maximum atomic E-state index is 2.49. The van der Waals surface area contributed by atoms with Crippen molar-refractivity contribution in [3.05, 3.63) is 295 Å². The first-order chi connectivity index (χ1) is 32.8. The summed E-state index contributed by atoms with van der Waals surface area (Å²) in [5, 5.41) is 2.49. The lowest BCUT2D eigenvalue weighted by molar-refractivity contribution is 0.772. The van der Waals surface area contributed by atoms with Crippen molar-refractivity contribution >= 4 is 27.8 Å². The minimum atomic E-state index is -0.693. The molecule has 1 aliphatic rings. The van der Waals surface area contributed by atoms with Gasteiger partial charge in [-0.05, 0) is 113 Å². The fraction of sp³-hybridized carbons (Fsp3) is 0.0154. The van der Waals surface area contributed by atoms with Crippen LogP contribution in [0.3, 0.4) is 0 Å². The monoisotopic (exact) mass is 839 g/mol. The molecule has 0 aliphatic heterocycles. The highest BCUT2D eigenvalue weighted by molar-refractivity contribution is 6.04. The van der Waals surface area contributed by atoms with Gasteiger partial charge in [-0.25, -0.2) is 0 Å².